The van der Waals surface area contributed by atoms with Crippen molar-refractivity contribution in [3.05, 3.63) is 52.3 Å². The van der Waals surface area contributed by atoms with Gasteiger partial charge in [-0.1, -0.05) is 13.0 Å². The van der Waals surface area contributed by atoms with E-state index >= 15 is 0 Å². The second kappa shape index (κ2) is 7.68. The van der Waals surface area contributed by atoms with E-state index in [1.54, 1.807) is 0 Å². The highest BCUT2D eigenvalue weighted by molar-refractivity contribution is 7.93. The molecular formula is C15H19F2N3O4S. The predicted octanol–water partition coefficient (Wildman–Crippen LogP) is 2.47. The first-order chi connectivity index (χ1) is 11.5. The molecule has 0 aliphatic carbocycles. The van der Waals surface area contributed by atoms with E-state index < -0.39 is 61.6 Å². The molecule has 1 aromatic carbocycles. The third-order valence-electron chi connectivity index (χ3n) is 3.97. The van der Waals surface area contributed by atoms with Crippen molar-refractivity contribution in [1.82, 2.24) is 0 Å². The van der Waals surface area contributed by atoms with Gasteiger partial charge in [0.15, 0.2) is 14.6 Å². The van der Waals surface area contributed by atoms with E-state index in [2.05, 4.69) is 6.58 Å². The first-order valence-corrected chi connectivity index (χ1v) is 8.85. The molecule has 1 aromatic rings. The topological polar surface area (TPSA) is 127 Å². The van der Waals surface area contributed by atoms with Crippen LogP contribution in [0.4, 0.5) is 14.5 Å². The summed E-state index contributed by atoms with van der Waals surface area (Å²) in [5.74, 6) is -3.44. The Kier molecular flexibility index (Phi) is 6.36. The average Bonchev–Trinajstić information content (AvgIpc) is 2.51. The van der Waals surface area contributed by atoms with Crippen LogP contribution < -0.4 is 5.73 Å². The number of nitrogens with two attached hydrogens (primary N) is 1. The lowest BCUT2D eigenvalue weighted by molar-refractivity contribution is -0.385. The molecule has 0 aromatic heterocycles. The van der Waals surface area contributed by atoms with Gasteiger partial charge in [-0.25, -0.2) is 17.2 Å². The molecule has 138 valence electrons. The largest absolute Gasteiger partial charge is 0.386 e. The van der Waals surface area contributed by atoms with Gasteiger partial charge < -0.3 is 5.73 Å². The van der Waals surface area contributed by atoms with Gasteiger partial charge in [-0.05, 0) is 24.0 Å². The SMILES string of the molecule is C=CCC(CF)(C(=N)N)S(=O)(=O)C[C@@H](C)c1cc([N+](=O)[O-])ccc1F. The number of allylic oxidation sites excluding steroid dienone is 1. The molecule has 0 saturated heterocycles. The average molecular weight is 375 g/mol. The van der Waals surface area contributed by atoms with Gasteiger partial charge in [0.2, 0.25) is 0 Å². The number of nitro groups is 1. The number of non-ortho nitro benzene ring substituents is 1. The Bertz CT molecular complexity index is 798. The lowest BCUT2D eigenvalue weighted by Crippen LogP contribution is -2.53. The van der Waals surface area contributed by atoms with E-state index in [-0.39, 0.29) is 5.56 Å². The Hall–Kier alpha value is -2.36. The highest BCUT2D eigenvalue weighted by Gasteiger charge is 2.47. The summed E-state index contributed by atoms with van der Waals surface area (Å²) in [7, 11) is -4.33. The fourth-order valence-electron chi connectivity index (χ4n) is 2.45. The normalized spacial score (nSPS) is 15.2. The number of benzene rings is 1. The first kappa shape index (κ1) is 20.7. The third-order valence-corrected chi connectivity index (χ3v) is 6.59. The van der Waals surface area contributed by atoms with Crippen molar-refractivity contribution in [3.63, 3.8) is 0 Å². The zero-order valence-corrected chi connectivity index (χ0v) is 14.4. The Morgan fingerprint density at radius 3 is 2.60 bits per heavy atom. The van der Waals surface area contributed by atoms with Gasteiger partial charge >= 0.3 is 0 Å². The van der Waals surface area contributed by atoms with Crippen LogP contribution in [-0.4, -0.2) is 36.4 Å². The molecule has 3 N–H and O–H groups in total. The van der Waals surface area contributed by atoms with Crippen molar-refractivity contribution in [2.45, 2.75) is 24.0 Å². The third kappa shape index (κ3) is 4.01. The van der Waals surface area contributed by atoms with E-state index in [4.69, 9.17) is 11.1 Å². The van der Waals surface area contributed by atoms with E-state index in [0.29, 0.717) is 0 Å². The number of hydrogen-bond acceptors (Lipinski definition) is 5. The van der Waals surface area contributed by atoms with Crippen LogP contribution >= 0.6 is 0 Å². The van der Waals surface area contributed by atoms with Crippen LogP contribution in [0.5, 0.6) is 0 Å². The summed E-state index contributed by atoms with van der Waals surface area (Å²) < 4.78 is 50.6. The maximum atomic E-state index is 14.0. The molecule has 2 atom stereocenters. The molecule has 1 unspecified atom stereocenters. The number of sulfone groups is 1. The minimum atomic E-state index is -4.33. The molecule has 25 heavy (non-hydrogen) atoms. The molecule has 7 nitrogen and oxygen atoms in total. The van der Waals surface area contributed by atoms with Gasteiger partial charge in [0.05, 0.1) is 10.7 Å². The van der Waals surface area contributed by atoms with Crippen molar-refractivity contribution in [1.29, 1.82) is 5.41 Å². The van der Waals surface area contributed by atoms with Crippen LogP contribution in [0.2, 0.25) is 0 Å². The van der Waals surface area contributed by atoms with Crippen molar-refractivity contribution < 1.29 is 22.1 Å². The summed E-state index contributed by atoms with van der Waals surface area (Å²) in [6.45, 7) is 3.27. The molecule has 1 rings (SSSR count). The van der Waals surface area contributed by atoms with E-state index in [1.807, 2.05) is 0 Å². The Balaban J connectivity index is 3.31. The van der Waals surface area contributed by atoms with E-state index in [0.717, 1.165) is 24.3 Å². The van der Waals surface area contributed by atoms with Crippen LogP contribution in [0, 0.1) is 21.3 Å². The quantitative estimate of drug-likeness (QED) is 0.225. The molecule has 0 saturated carbocycles. The number of nitro benzene ring substituents is 1. The molecule has 0 heterocycles. The second-order valence-corrected chi connectivity index (χ2v) is 8.02. The standard InChI is InChI=1S/C15H19F2N3O4S/c1-3-6-15(9-16,14(18)19)25(23,24)8-10(2)12-7-11(20(21)22)4-5-13(12)17/h3-5,7,10H,1,6,8-9H2,2H3,(H3,18,19)/t10-,15?/m1/s1. The number of nitrogens with one attached hydrogen (secondary N) is 1. The fourth-order valence-corrected chi connectivity index (χ4v) is 4.48. The number of rotatable bonds is 9. The van der Waals surface area contributed by atoms with Gasteiger partial charge in [0.1, 0.15) is 18.3 Å². The van der Waals surface area contributed by atoms with Gasteiger partial charge in [-0.3, -0.25) is 15.5 Å². The second-order valence-electron chi connectivity index (χ2n) is 5.68. The molecule has 0 bridgehead atoms. The summed E-state index contributed by atoms with van der Waals surface area (Å²) >= 11 is 0. The summed E-state index contributed by atoms with van der Waals surface area (Å²) in [6, 6.07) is 2.76. The van der Waals surface area contributed by atoms with Crippen LogP contribution in [0.3, 0.4) is 0 Å². The van der Waals surface area contributed by atoms with Crippen LogP contribution in [0.15, 0.2) is 30.9 Å². The van der Waals surface area contributed by atoms with Gasteiger partial charge in [0, 0.05) is 12.1 Å². The van der Waals surface area contributed by atoms with Crippen molar-refractivity contribution in [3.8, 4) is 0 Å². The first-order valence-electron chi connectivity index (χ1n) is 7.20. The molecular weight excluding hydrogens is 356 g/mol. The number of halogens is 2. The number of amidine groups is 1. The highest BCUT2D eigenvalue weighted by atomic mass is 32.2. The number of hydrogen-bond donors (Lipinski definition) is 2. The van der Waals surface area contributed by atoms with Crippen molar-refractivity contribution in [2.75, 3.05) is 12.4 Å². The Labute approximate surface area is 144 Å². The maximum absolute atomic E-state index is 14.0. The Morgan fingerprint density at radius 2 is 2.16 bits per heavy atom. The van der Waals surface area contributed by atoms with Crippen LogP contribution in [-0.2, 0) is 9.84 Å². The summed E-state index contributed by atoms with van der Waals surface area (Å²) in [6.07, 6.45) is 0.725. The molecule has 0 radical (unpaired) electrons. The summed E-state index contributed by atoms with van der Waals surface area (Å²) in [5.41, 5.74) is 4.73. The molecule has 10 heteroatoms. The van der Waals surface area contributed by atoms with Gasteiger partial charge in [0.25, 0.3) is 5.69 Å². The smallest absolute Gasteiger partial charge is 0.269 e. The van der Waals surface area contributed by atoms with Gasteiger partial charge in [-0.15, -0.1) is 6.58 Å². The molecule has 0 aliphatic rings. The zero-order valence-electron chi connectivity index (χ0n) is 13.5. The van der Waals surface area contributed by atoms with Crippen molar-refractivity contribution in [2.24, 2.45) is 5.73 Å². The van der Waals surface area contributed by atoms with Crippen LogP contribution in [0.1, 0.15) is 24.8 Å². The van der Waals surface area contributed by atoms with Crippen molar-refractivity contribution >= 4 is 21.4 Å². The highest BCUT2D eigenvalue weighted by Crippen LogP contribution is 2.31. The molecule has 0 fully saturated rings. The number of alkyl halides is 1. The van der Waals surface area contributed by atoms with Crippen LogP contribution in [0.25, 0.3) is 0 Å². The fraction of sp³-hybridized carbons (Fsp3) is 0.400. The van der Waals surface area contributed by atoms with Gasteiger partial charge in [-0.2, -0.15) is 0 Å². The number of nitrogens with zero attached hydrogens (tertiary/aromatic N) is 1. The Morgan fingerprint density at radius 1 is 1.56 bits per heavy atom. The zero-order chi connectivity index (χ0) is 19.4. The minimum absolute atomic E-state index is 0.187. The molecule has 0 amide bonds. The molecule has 0 aliphatic heterocycles. The minimum Gasteiger partial charge on any atom is -0.386 e. The maximum Gasteiger partial charge on any atom is 0.269 e. The predicted molar refractivity (Wildman–Crippen MR) is 90.7 cm³/mol. The summed E-state index contributed by atoms with van der Waals surface area (Å²) in [5, 5.41) is 18.3. The lowest BCUT2D eigenvalue weighted by atomic mass is 10.0. The van der Waals surface area contributed by atoms with E-state index in [9.17, 15) is 27.3 Å². The monoisotopic (exact) mass is 375 g/mol. The van der Waals surface area contributed by atoms with E-state index in [1.165, 1.54) is 6.92 Å². The molecule has 0 spiro atoms. The summed E-state index contributed by atoms with van der Waals surface area (Å²) in [4.78, 5) is 10.1. The lowest BCUT2D eigenvalue weighted by Gasteiger charge is -2.29.